The van der Waals surface area contributed by atoms with E-state index in [0.717, 1.165) is 5.69 Å². The molecule has 0 aliphatic rings. The van der Waals surface area contributed by atoms with Crippen molar-refractivity contribution in [3.63, 3.8) is 0 Å². The molecule has 1 aromatic carbocycles. The molecule has 0 bridgehead atoms. The second kappa shape index (κ2) is 5.32. The van der Waals surface area contributed by atoms with Crippen LogP contribution >= 0.6 is 11.6 Å². The number of anilines is 1. The van der Waals surface area contributed by atoms with E-state index in [1.54, 1.807) is 31.3 Å². The number of nitrogens with zero attached hydrogens (tertiary/aromatic N) is 2. The van der Waals surface area contributed by atoms with Crippen LogP contribution in [0.25, 0.3) is 0 Å². The van der Waals surface area contributed by atoms with Crippen molar-refractivity contribution < 1.29 is 9.53 Å². The number of aryl methyl sites for hydroxylation is 2. The zero-order valence-corrected chi connectivity index (χ0v) is 11.7. The SMILES string of the molecule is COc1ccc(Cl)cc1NC(=O)c1cc(C)nn1C. The summed E-state index contributed by atoms with van der Waals surface area (Å²) in [4.78, 5) is 12.2. The summed E-state index contributed by atoms with van der Waals surface area (Å²) in [5.41, 5.74) is 1.78. The van der Waals surface area contributed by atoms with Crippen LogP contribution in [-0.2, 0) is 7.05 Å². The highest BCUT2D eigenvalue weighted by Gasteiger charge is 2.14. The monoisotopic (exact) mass is 279 g/mol. The first-order valence-electron chi connectivity index (χ1n) is 5.67. The lowest BCUT2D eigenvalue weighted by molar-refractivity contribution is 0.101. The average Bonchev–Trinajstić information content (AvgIpc) is 2.69. The van der Waals surface area contributed by atoms with Crippen molar-refractivity contribution in [3.8, 4) is 5.75 Å². The third-order valence-corrected chi connectivity index (χ3v) is 2.88. The summed E-state index contributed by atoms with van der Waals surface area (Å²) < 4.78 is 6.71. The molecule has 1 N–H and O–H groups in total. The molecule has 1 heterocycles. The number of carbonyl (C=O) groups excluding carboxylic acids is 1. The third kappa shape index (κ3) is 2.88. The number of ether oxygens (including phenoxy) is 1. The normalized spacial score (nSPS) is 10.3. The van der Waals surface area contributed by atoms with Crippen molar-refractivity contribution in [3.05, 3.63) is 40.7 Å². The molecule has 2 aromatic rings. The number of benzene rings is 1. The largest absolute Gasteiger partial charge is 0.495 e. The fraction of sp³-hybridized carbons (Fsp3) is 0.231. The van der Waals surface area contributed by atoms with Crippen LogP contribution in [0.2, 0.25) is 5.02 Å². The Morgan fingerprint density at radius 1 is 1.42 bits per heavy atom. The minimum absolute atomic E-state index is 0.260. The lowest BCUT2D eigenvalue weighted by atomic mass is 10.2. The molecule has 0 aliphatic heterocycles. The van der Waals surface area contributed by atoms with Gasteiger partial charge in [0.05, 0.1) is 18.5 Å². The van der Waals surface area contributed by atoms with Crippen LogP contribution in [0.3, 0.4) is 0 Å². The Kier molecular flexibility index (Phi) is 3.76. The first-order valence-corrected chi connectivity index (χ1v) is 6.04. The van der Waals surface area contributed by atoms with Gasteiger partial charge in [-0.05, 0) is 31.2 Å². The molecule has 0 saturated carbocycles. The molecule has 1 amide bonds. The van der Waals surface area contributed by atoms with E-state index in [2.05, 4.69) is 10.4 Å². The van der Waals surface area contributed by atoms with E-state index in [1.165, 1.54) is 11.8 Å². The molecule has 6 heteroatoms. The molecule has 0 aliphatic carbocycles. The summed E-state index contributed by atoms with van der Waals surface area (Å²) in [6.07, 6.45) is 0. The zero-order valence-electron chi connectivity index (χ0n) is 10.9. The molecule has 0 saturated heterocycles. The van der Waals surface area contributed by atoms with Gasteiger partial charge in [0, 0.05) is 12.1 Å². The van der Waals surface area contributed by atoms with Gasteiger partial charge >= 0.3 is 0 Å². The quantitative estimate of drug-likeness (QED) is 0.940. The standard InChI is InChI=1S/C13H14ClN3O2/c1-8-6-11(17(2)16-8)13(18)15-10-7-9(14)4-5-12(10)19-3/h4-7H,1-3H3,(H,15,18). The van der Waals surface area contributed by atoms with E-state index in [-0.39, 0.29) is 5.91 Å². The van der Waals surface area contributed by atoms with Crippen LogP contribution < -0.4 is 10.1 Å². The minimum atomic E-state index is -0.260. The van der Waals surface area contributed by atoms with Gasteiger partial charge in [-0.25, -0.2) is 0 Å². The first-order chi connectivity index (χ1) is 9.01. The van der Waals surface area contributed by atoms with Crippen molar-refractivity contribution in [2.24, 2.45) is 7.05 Å². The van der Waals surface area contributed by atoms with E-state index in [1.807, 2.05) is 6.92 Å². The Hall–Kier alpha value is -2.01. The topological polar surface area (TPSA) is 56.1 Å². The number of amides is 1. The Balaban J connectivity index is 2.28. The van der Waals surface area contributed by atoms with Crippen LogP contribution in [0.4, 0.5) is 5.69 Å². The molecule has 0 spiro atoms. The molecule has 0 radical (unpaired) electrons. The van der Waals surface area contributed by atoms with Gasteiger partial charge in [-0.1, -0.05) is 11.6 Å². The van der Waals surface area contributed by atoms with Crippen LogP contribution in [0, 0.1) is 6.92 Å². The highest BCUT2D eigenvalue weighted by atomic mass is 35.5. The van der Waals surface area contributed by atoms with Crippen molar-refractivity contribution in [2.75, 3.05) is 12.4 Å². The molecular weight excluding hydrogens is 266 g/mol. The fourth-order valence-corrected chi connectivity index (χ4v) is 1.96. The summed E-state index contributed by atoms with van der Waals surface area (Å²) in [5, 5.41) is 7.42. The van der Waals surface area contributed by atoms with Crippen molar-refractivity contribution >= 4 is 23.2 Å². The number of methoxy groups -OCH3 is 1. The summed E-state index contributed by atoms with van der Waals surface area (Å²) in [6.45, 7) is 1.83. The van der Waals surface area contributed by atoms with Crippen LogP contribution in [-0.4, -0.2) is 22.8 Å². The predicted octanol–water partition coefficient (Wildman–Crippen LogP) is 2.64. The first kappa shape index (κ1) is 13.4. The smallest absolute Gasteiger partial charge is 0.274 e. The molecular formula is C13H14ClN3O2. The molecule has 0 atom stereocenters. The lowest BCUT2D eigenvalue weighted by Gasteiger charge is -2.10. The Bertz CT molecular complexity index is 622. The number of aromatic nitrogens is 2. The van der Waals surface area contributed by atoms with Gasteiger partial charge in [0.15, 0.2) is 0 Å². The number of hydrogen-bond donors (Lipinski definition) is 1. The maximum atomic E-state index is 12.2. The summed E-state index contributed by atoms with van der Waals surface area (Å²) in [6, 6.07) is 6.75. The van der Waals surface area contributed by atoms with E-state index < -0.39 is 0 Å². The van der Waals surface area contributed by atoms with Gasteiger partial charge in [0.1, 0.15) is 11.4 Å². The van der Waals surface area contributed by atoms with E-state index in [0.29, 0.717) is 22.2 Å². The maximum Gasteiger partial charge on any atom is 0.274 e. The van der Waals surface area contributed by atoms with E-state index in [4.69, 9.17) is 16.3 Å². The van der Waals surface area contributed by atoms with Gasteiger partial charge in [-0.15, -0.1) is 0 Å². The predicted molar refractivity (Wildman–Crippen MR) is 73.9 cm³/mol. The fourth-order valence-electron chi connectivity index (χ4n) is 1.79. The van der Waals surface area contributed by atoms with Crippen molar-refractivity contribution in [1.82, 2.24) is 9.78 Å². The summed E-state index contributed by atoms with van der Waals surface area (Å²) in [5.74, 6) is 0.292. The Labute approximate surface area is 116 Å². The van der Waals surface area contributed by atoms with Crippen LogP contribution in [0.1, 0.15) is 16.2 Å². The molecule has 0 fully saturated rings. The van der Waals surface area contributed by atoms with Gasteiger partial charge in [-0.3, -0.25) is 9.48 Å². The van der Waals surface area contributed by atoms with Gasteiger partial charge in [0.25, 0.3) is 5.91 Å². The molecule has 100 valence electrons. The van der Waals surface area contributed by atoms with E-state index in [9.17, 15) is 4.79 Å². The lowest BCUT2D eigenvalue weighted by Crippen LogP contribution is -2.16. The van der Waals surface area contributed by atoms with Gasteiger partial charge in [0.2, 0.25) is 0 Å². The molecule has 19 heavy (non-hydrogen) atoms. The van der Waals surface area contributed by atoms with Gasteiger partial charge in [-0.2, -0.15) is 5.10 Å². The Morgan fingerprint density at radius 2 is 2.16 bits per heavy atom. The Morgan fingerprint density at radius 3 is 2.74 bits per heavy atom. The van der Waals surface area contributed by atoms with Gasteiger partial charge < -0.3 is 10.1 Å². The number of carbonyl (C=O) groups is 1. The highest BCUT2D eigenvalue weighted by Crippen LogP contribution is 2.28. The number of nitrogens with one attached hydrogen (secondary N) is 1. The number of hydrogen-bond acceptors (Lipinski definition) is 3. The number of halogens is 1. The molecule has 1 aromatic heterocycles. The molecule has 2 rings (SSSR count). The second-order valence-corrected chi connectivity index (χ2v) is 4.53. The molecule has 0 unspecified atom stereocenters. The van der Waals surface area contributed by atoms with Crippen LogP contribution in [0.5, 0.6) is 5.75 Å². The summed E-state index contributed by atoms with van der Waals surface area (Å²) in [7, 11) is 3.25. The minimum Gasteiger partial charge on any atom is -0.495 e. The highest BCUT2D eigenvalue weighted by molar-refractivity contribution is 6.31. The third-order valence-electron chi connectivity index (χ3n) is 2.64. The number of rotatable bonds is 3. The maximum absolute atomic E-state index is 12.2. The van der Waals surface area contributed by atoms with E-state index >= 15 is 0 Å². The van der Waals surface area contributed by atoms with Crippen molar-refractivity contribution in [1.29, 1.82) is 0 Å². The average molecular weight is 280 g/mol. The zero-order chi connectivity index (χ0) is 14.0. The summed E-state index contributed by atoms with van der Waals surface area (Å²) >= 11 is 5.91. The second-order valence-electron chi connectivity index (χ2n) is 4.09. The van der Waals surface area contributed by atoms with Crippen LogP contribution in [0.15, 0.2) is 24.3 Å². The molecule has 5 nitrogen and oxygen atoms in total. The van der Waals surface area contributed by atoms with Crippen molar-refractivity contribution in [2.45, 2.75) is 6.92 Å².